The lowest BCUT2D eigenvalue weighted by Gasteiger charge is -2.15. The van der Waals surface area contributed by atoms with Crippen molar-refractivity contribution in [2.24, 2.45) is 0 Å². The van der Waals surface area contributed by atoms with Gasteiger partial charge in [0.25, 0.3) is 0 Å². The van der Waals surface area contributed by atoms with Gasteiger partial charge in [0.15, 0.2) is 0 Å². The Morgan fingerprint density at radius 2 is 1.85 bits per heavy atom. The minimum atomic E-state index is -0.841. The maximum Gasteiger partial charge on any atom is 0.0871 e. The van der Waals surface area contributed by atoms with Crippen molar-refractivity contribution in [1.82, 2.24) is 0 Å². The Morgan fingerprint density at radius 1 is 1.20 bits per heavy atom. The molecule has 1 rings (SSSR count). The minimum Gasteiger partial charge on any atom is -0.385 e. The Hall–Kier alpha value is -1.74. The van der Waals surface area contributed by atoms with E-state index < -0.39 is 5.60 Å². The van der Waals surface area contributed by atoms with E-state index in [1.165, 1.54) is 0 Å². The number of hydrogen-bond donors (Lipinski definition) is 1. The van der Waals surface area contributed by atoms with Crippen molar-refractivity contribution < 1.29 is 5.11 Å². The van der Waals surface area contributed by atoms with E-state index in [1.807, 2.05) is 37.3 Å². The topological polar surface area (TPSA) is 20.2 Å². The molecule has 0 saturated heterocycles. The van der Waals surface area contributed by atoms with Crippen LogP contribution in [0.2, 0.25) is 0 Å². The molecule has 1 nitrogen and oxygen atoms in total. The predicted molar refractivity (Wildman–Crippen MR) is 85.4 cm³/mol. The first kappa shape index (κ1) is 16.3. The van der Waals surface area contributed by atoms with Crippen LogP contribution >= 0.6 is 0 Å². The summed E-state index contributed by atoms with van der Waals surface area (Å²) in [5, 5.41) is 9.98. The van der Waals surface area contributed by atoms with Crippen LogP contribution in [0.4, 0.5) is 0 Å². The van der Waals surface area contributed by atoms with E-state index in [0.717, 1.165) is 36.0 Å². The van der Waals surface area contributed by atoms with E-state index in [0.29, 0.717) is 0 Å². The van der Waals surface area contributed by atoms with Crippen LogP contribution in [0, 0.1) is 11.8 Å². The summed E-state index contributed by atoms with van der Waals surface area (Å²) < 4.78 is 0. The molecule has 1 aromatic carbocycles. The van der Waals surface area contributed by atoms with Crippen LogP contribution < -0.4 is 0 Å². The van der Waals surface area contributed by atoms with Crippen LogP contribution in [0.25, 0.3) is 0 Å². The van der Waals surface area contributed by atoms with Crippen LogP contribution in [-0.2, 0) is 0 Å². The van der Waals surface area contributed by atoms with E-state index in [4.69, 9.17) is 0 Å². The van der Waals surface area contributed by atoms with Gasteiger partial charge in [0.2, 0.25) is 0 Å². The third-order valence-electron chi connectivity index (χ3n) is 3.17. The molecule has 0 unspecified atom stereocenters. The maximum absolute atomic E-state index is 9.98. The Morgan fingerprint density at radius 3 is 2.40 bits per heavy atom. The van der Waals surface area contributed by atoms with Crippen molar-refractivity contribution in [2.75, 3.05) is 0 Å². The maximum atomic E-state index is 9.98. The SMILES string of the molecule is CCCCC(=C=C(C)C(C)(C)O)C#Cc1ccccc1. The van der Waals surface area contributed by atoms with E-state index in [9.17, 15) is 5.11 Å². The highest BCUT2D eigenvalue weighted by molar-refractivity contribution is 5.40. The summed E-state index contributed by atoms with van der Waals surface area (Å²) in [4.78, 5) is 0. The highest BCUT2D eigenvalue weighted by Crippen LogP contribution is 2.15. The Bertz CT molecular complexity index is 541. The normalized spacial score (nSPS) is 10.2. The number of unbranched alkanes of at least 4 members (excludes halogenated alkanes) is 1. The molecule has 0 aliphatic carbocycles. The van der Waals surface area contributed by atoms with Crippen molar-refractivity contribution in [3.8, 4) is 11.8 Å². The van der Waals surface area contributed by atoms with Crippen molar-refractivity contribution >= 4 is 0 Å². The molecule has 0 amide bonds. The summed E-state index contributed by atoms with van der Waals surface area (Å²) in [6.45, 7) is 7.61. The van der Waals surface area contributed by atoms with Gasteiger partial charge in [-0.15, -0.1) is 5.73 Å². The van der Waals surface area contributed by atoms with Crippen molar-refractivity contribution in [3.63, 3.8) is 0 Å². The Kier molecular flexibility index (Phi) is 6.32. The highest BCUT2D eigenvalue weighted by atomic mass is 16.3. The lowest BCUT2D eigenvalue weighted by molar-refractivity contribution is 0.120. The van der Waals surface area contributed by atoms with Crippen molar-refractivity contribution in [2.45, 2.75) is 52.6 Å². The molecule has 0 bridgehead atoms. The van der Waals surface area contributed by atoms with Crippen LogP contribution in [0.3, 0.4) is 0 Å². The largest absolute Gasteiger partial charge is 0.385 e. The zero-order valence-electron chi connectivity index (χ0n) is 13.0. The molecule has 0 spiro atoms. The number of hydrogen-bond acceptors (Lipinski definition) is 1. The lowest BCUT2D eigenvalue weighted by atomic mass is 9.99. The minimum absolute atomic E-state index is 0.825. The predicted octanol–water partition coefficient (Wildman–Crippen LogP) is 4.47. The molecule has 0 saturated carbocycles. The molecule has 1 aromatic rings. The first-order chi connectivity index (χ1) is 9.43. The molecule has 0 heterocycles. The molecular weight excluding hydrogens is 244 g/mol. The van der Waals surface area contributed by atoms with Crippen LogP contribution in [0.1, 0.15) is 52.5 Å². The van der Waals surface area contributed by atoms with Gasteiger partial charge in [-0.3, -0.25) is 0 Å². The second-order valence-corrected chi connectivity index (χ2v) is 5.51. The molecule has 106 valence electrons. The average Bonchev–Trinajstić information content (AvgIpc) is 2.41. The van der Waals surface area contributed by atoms with Gasteiger partial charge >= 0.3 is 0 Å². The zero-order valence-corrected chi connectivity index (χ0v) is 13.0. The van der Waals surface area contributed by atoms with Gasteiger partial charge in [-0.2, -0.15) is 0 Å². The summed E-state index contributed by atoms with van der Waals surface area (Å²) in [5.41, 5.74) is 5.23. The molecule has 0 radical (unpaired) electrons. The number of rotatable bonds is 4. The molecule has 0 atom stereocenters. The summed E-state index contributed by atoms with van der Waals surface area (Å²) in [6, 6.07) is 9.94. The van der Waals surface area contributed by atoms with Gasteiger partial charge < -0.3 is 5.11 Å². The monoisotopic (exact) mass is 268 g/mol. The van der Waals surface area contributed by atoms with E-state index in [2.05, 4.69) is 24.5 Å². The highest BCUT2D eigenvalue weighted by Gasteiger charge is 2.14. The lowest BCUT2D eigenvalue weighted by Crippen LogP contribution is -2.19. The Labute approximate surface area is 123 Å². The second-order valence-electron chi connectivity index (χ2n) is 5.51. The van der Waals surface area contributed by atoms with Gasteiger partial charge in [-0.25, -0.2) is 0 Å². The molecule has 1 N–H and O–H groups in total. The third kappa shape index (κ3) is 5.93. The molecule has 0 aliphatic rings. The zero-order chi connectivity index (χ0) is 15.0. The number of benzene rings is 1. The van der Waals surface area contributed by atoms with Gasteiger partial charge in [0, 0.05) is 16.7 Å². The first-order valence-corrected chi connectivity index (χ1v) is 7.19. The van der Waals surface area contributed by atoms with Crippen molar-refractivity contribution in [3.05, 3.63) is 52.8 Å². The Balaban J connectivity index is 3.09. The molecule has 20 heavy (non-hydrogen) atoms. The smallest absolute Gasteiger partial charge is 0.0871 e. The summed E-state index contributed by atoms with van der Waals surface area (Å²) in [6.07, 6.45) is 3.12. The first-order valence-electron chi connectivity index (χ1n) is 7.19. The van der Waals surface area contributed by atoms with E-state index >= 15 is 0 Å². The molecular formula is C19H24O. The third-order valence-corrected chi connectivity index (χ3v) is 3.17. The van der Waals surface area contributed by atoms with Crippen LogP contribution in [0.5, 0.6) is 0 Å². The van der Waals surface area contributed by atoms with Crippen molar-refractivity contribution in [1.29, 1.82) is 0 Å². The molecule has 1 heteroatoms. The van der Waals surface area contributed by atoms with E-state index in [-0.39, 0.29) is 0 Å². The van der Waals surface area contributed by atoms with Crippen LogP contribution in [-0.4, -0.2) is 10.7 Å². The average molecular weight is 268 g/mol. The fourth-order valence-electron chi connectivity index (χ4n) is 1.56. The standard InChI is InChI=1S/C19H24O/c1-5-6-10-18(15-16(2)19(3,4)20)14-13-17-11-8-7-9-12-17/h7-9,11-12,20H,5-6,10H2,1-4H3. The van der Waals surface area contributed by atoms with Gasteiger partial charge in [0.1, 0.15) is 0 Å². The van der Waals surface area contributed by atoms with Gasteiger partial charge in [-0.1, -0.05) is 43.4 Å². The quantitative estimate of drug-likeness (QED) is 0.631. The fourth-order valence-corrected chi connectivity index (χ4v) is 1.56. The second kappa shape index (κ2) is 7.75. The van der Waals surface area contributed by atoms with Gasteiger partial charge in [0.05, 0.1) is 5.60 Å². The fraction of sp³-hybridized carbons (Fsp3) is 0.421. The number of aliphatic hydroxyl groups is 1. The molecule has 0 aromatic heterocycles. The van der Waals surface area contributed by atoms with Gasteiger partial charge in [-0.05, 0) is 45.7 Å². The van der Waals surface area contributed by atoms with E-state index in [1.54, 1.807) is 13.8 Å². The molecule has 0 aliphatic heterocycles. The molecule has 0 fully saturated rings. The summed E-state index contributed by atoms with van der Waals surface area (Å²) in [5.74, 6) is 6.36. The summed E-state index contributed by atoms with van der Waals surface area (Å²) >= 11 is 0. The van der Waals surface area contributed by atoms with Crippen LogP contribution in [0.15, 0.2) is 47.2 Å². The summed E-state index contributed by atoms with van der Waals surface area (Å²) in [7, 11) is 0.